The molecule has 0 fully saturated rings. The van der Waals surface area contributed by atoms with Crippen molar-refractivity contribution in [3.05, 3.63) is 76.4 Å². The Morgan fingerprint density at radius 1 is 0.826 bits per heavy atom. The molecule has 0 amide bonds. The molecule has 2 heterocycles. The van der Waals surface area contributed by atoms with Gasteiger partial charge in [0, 0.05) is 27.1 Å². The number of thiophene rings is 1. The first-order valence-corrected chi connectivity index (χ1v) is 8.57. The Balaban J connectivity index is 1.90. The molecule has 4 heteroatoms. The summed E-state index contributed by atoms with van der Waals surface area (Å²) in [7, 11) is 0. The molecule has 4 aromatic rings. The molecule has 0 aliphatic heterocycles. The van der Waals surface area contributed by atoms with E-state index in [0.717, 1.165) is 38.9 Å². The van der Waals surface area contributed by atoms with E-state index in [2.05, 4.69) is 33.9 Å². The smallest absolute Gasteiger partial charge is 0.139 e. The third-order valence-electron chi connectivity index (χ3n) is 3.68. The molecule has 0 saturated heterocycles. The number of aromatic nitrogens is 2. The SMILES string of the molecule is Clc1ccc(-c2[nH]c(-c3ccsc3)nc2-c2ccccc2)cc1. The van der Waals surface area contributed by atoms with Gasteiger partial charge in [-0.1, -0.05) is 54.1 Å². The minimum absolute atomic E-state index is 0.729. The van der Waals surface area contributed by atoms with Gasteiger partial charge in [-0.25, -0.2) is 4.98 Å². The van der Waals surface area contributed by atoms with Gasteiger partial charge in [0.2, 0.25) is 0 Å². The van der Waals surface area contributed by atoms with Crippen LogP contribution in [0.1, 0.15) is 0 Å². The molecular formula is C19H13ClN2S. The lowest BCUT2D eigenvalue weighted by molar-refractivity contribution is 1.32. The van der Waals surface area contributed by atoms with Crippen LogP contribution < -0.4 is 0 Å². The van der Waals surface area contributed by atoms with Crippen LogP contribution in [0.25, 0.3) is 33.9 Å². The fraction of sp³-hybridized carbons (Fsp3) is 0. The lowest BCUT2D eigenvalue weighted by Gasteiger charge is -2.03. The summed E-state index contributed by atoms with van der Waals surface area (Å²) < 4.78 is 0. The Bertz CT molecular complexity index is 910. The van der Waals surface area contributed by atoms with Gasteiger partial charge in [-0.2, -0.15) is 11.3 Å². The molecule has 2 nitrogen and oxygen atoms in total. The molecule has 112 valence electrons. The van der Waals surface area contributed by atoms with Crippen LogP contribution in [0.3, 0.4) is 0 Å². The number of nitrogens with one attached hydrogen (secondary N) is 1. The summed E-state index contributed by atoms with van der Waals surface area (Å²) in [5.41, 5.74) is 5.23. The molecule has 2 aromatic heterocycles. The second kappa shape index (κ2) is 6.03. The zero-order valence-electron chi connectivity index (χ0n) is 12.2. The molecule has 1 N–H and O–H groups in total. The van der Waals surface area contributed by atoms with E-state index in [1.807, 2.05) is 42.5 Å². The summed E-state index contributed by atoms with van der Waals surface area (Å²) in [6.07, 6.45) is 0. The van der Waals surface area contributed by atoms with Gasteiger partial charge in [-0.05, 0) is 23.6 Å². The van der Waals surface area contributed by atoms with E-state index in [0.29, 0.717) is 0 Å². The first-order chi connectivity index (χ1) is 11.3. The third kappa shape index (κ3) is 2.81. The number of rotatable bonds is 3. The van der Waals surface area contributed by atoms with Gasteiger partial charge < -0.3 is 4.98 Å². The summed E-state index contributed by atoms with van der Waals surface area (Å²) >= 11 is 7.68. The number of nitrogens with zero attached hydrogens (tertiary/aromatic N) is 1. The Labute approximate surface area is 143 Å². The second-order valence-electron chi connectivity index (χ2n) is 5.19. The van der Waals surface area contributed by atoms with Crippen molar-refractivity contribution in [1.29, 1.82) is 0 Å². The Morgan fingerprint density at radius 3 is 2.30 bits per heavy atom. The fourth-order valence-electron chi connectivity index (χ4n) is 2.54. The van der Waals surface area contributed by atoms with Crippen LogP contribution in [-0.4, -0.2) is 9.97 Å². The fourth-order valence-corrected chi connectivity index (χ4v) is 3.31. The van der Waals surface area contributed by atoms with Crippen LogP contribution in [-0.2, 0) is 0 Å². The lowest BCUT2D eigenvalue weighted by atomic mass is 10.1. The van der Waals surface area contributed by atoms with Crippen molar-refractivity contribution in [3.8, 4) is 33.9 Å². The maximum Gasteiger partial charge on any atom is 0.139 e. The van der Waals surface area contributed by atoms with Gasteiger partial charge in [0.15, 0.2) is 0 Å². The predicted octanol–water partition coefficient (Wildman–Crippen LogP) is 6.13. The van der Waals surface area contributed by atoms with E-state index in [-0.39, 0.29) is 0 Å². The summed E-state index contributed by atoms with van der Waals surface area (Å²) in [5, 5.41) is 4.88. The number of hydrogen-bond donors (Lipinski definition) is 1. The Hall–Kier alpha value is -2.36. The summed E-state index contributed by atoms with van der Waals surface area (Å²) in [5.74, 6) is 0.884. The molecule has 0 atom stereocenters. The number of aromatic amines is 1. The van der Waals surface area contributed by atoms with Gasteiger partial charge in [0.1, 0.15) is 5.82 Å². The van der Waals surface area contributed by atoms with E-state index in [1.165, 1.54) is 0 Å². The zero-order chi connectivity index (χ0) is 15.6. The minimum atomic E-state index is 0.729. The van der Waals surface area contributed by atoms with E-state index in [4.69, 9.17) is 16.6 Å². The van der Waals surface area contributed by atoms with Gasteiger partial charge in [-0.15, -0.1) is 0 Å². The first kappa shape index (κ1) is 14.2. The van der Waals surface area contributed by atoms with Crippen molar-refractivity contribution in [1.82, 2.24) is 9.97 Å². The molecule has 23 heavy (non-hydrogen) atoms. The standard InChI is InChI=1S/C19H13ClN2S/c20-16-8-6-14(7-9-16)18-17(13-4-2-1-3-5-13)21-19(22-18)15-10-11-23-12-15/h1-12H,(H,21,22). The summed E-state index contributed by atoms with van der Waals surface area (Å²) in [6.45, 7) is 0. The van der Waals surface area contributed by atoms with E-state index >= 15 is 0 Å². The maximum absolute atomic E-state index is 6.02. The number of benzene rings is 2. The molecule has 0 unspecified atom stereocenters. The van der Waals surface area contributed by atoms with Crippen molar-refractivity contribution >= 4 is 22.9 Å². The minimum Gasteiger partial charge on any atom is -0.337 e. The highest BCUT2D eigenvalue weighted by atomic mass is 35.5. The molecule has 0 aliphatic rings. The van der Waals surface area contributed by atoms with Crippen molar-refractivity contribution in [2.24, 2.45) is 0 Å². The predicted molar refractivity (Wildman–Crippen MR) is 97.8 cm³/mol. The highest BCUT2D eigenvalue weighted by molar-refractivity contribution is 7.08. The highest BCUT2D eigenvalue weighted by Crippen LogP contribution is 2.33. The van der Waals surface area contributed by atoms with E-state index in [1.54, 1.807) is 11.3 Å². The average molecular weight is 337 g/mol. The van der Waals surface area contributed by atoms with Crippen LogP contribution in [0.15, 0.2) is 71.4 Å². The van der Waals surface area contributed by atoms with E-state index in [9.17, 15) is 0 Å². The van der Waals surface area contributed by atoms with Gasteiger partial charge >= 0.3 is 0 Å². The van der Waals surface area contributed by atoms with Crippen LogP contribution in [0.2, 0.25) is 5.02 Å². The number of hydrogen-bond acceptors (Lipinski definition) is 2. The molecule has 0 radical (unpaired) electrons. The highest BCUT2D eigenvalue weighted by Gasteiger charge is 2.15. The lowest BCUT2D eigenvalue weighted by Crippen LogP contribution is -1.83. The van der Waals surface area contributed by atoms with Crippen molar-refractivity contribution in [3.63, 3.8) is 0 Å². The molecule has 4 rings (SSSR count). The van der Waals surface area contributed by atoms with Crippen LogP contribution in [0.5, 0.6) is 0 Å². The Kier molecular flexibility index (Phi) is 3.74. The summed E-state index contributed by atoms with van der Waals surface area (Å²) in [6, 6.07) is 20.1. The third-order valence-corrected chi connectivity index (χ3v) is 4.61. The zero-order valence-corrected chi connectivity index (χ0v) is 13.7. The van der Waals surface area contributed by atoms with Gasteiger partial charge in [0.05, 0.1) is 11.4 Å². The molecule has 2 aromatic carbocycles. The maximum atomic E-state index is 6.02. The van der Waals surface area contributed by atoms with Gasteiger partial charge in [-0.3, -0.25) is 0 Å². The second-order valence-corrected chi connectivity index (χ2v) is 6.41. The quantitative estimate of drug-likeness (QED) is 0.479. The van der Waals surface area contributed by atoms with Crippen molar-refractivity contribution in [2.45, 2.75) is 0 Å². The molecule has 0 bridgehead atoms. The summed E-state index contributed by atoms with van der Waals surface area (Å²) in [4.78, 5) is 8.31. The normalized spacial score (nSPS) is 10.8. The molecule has 0 aliphatic carbocycles. The van der Waals surface area contributed by atoms with Crippen molar-refractivity contribution < 1.29 is 0 Å². The van der Waals surface area contributed by atoms with Crippen molar-refractivity contribution in [2.75, 3.05) is 0 Å². The number of imidazole rings is 1. The largest absolute Gasteiger partial charge is 0.337 e. The van der Waals surface area contributed by atoms with Crippen LogP contribution in [0.4, 0.5) is 0 Å². The number of H-pyrrole nitrogens is 1. The first-order valence-electron chi connectivity index (χ1n) is 7.25. The molecule has 0 spiro atoms. The van der Waals surface area contributed by atoms with E-state index < -0.39 is 0 Å². The van der Waals surface area contributed by atoms with Crippen LogP contribution >= 0.6 is 22.9 Å². The molecule has 0 saturated carbocycles. The average Bonchev–Trinajstić information content (AvgIpc) is 3.26. The monoisotopic (exact) mass is 336 g/mol. The topological polar surface area (TPSA) is 28.7 Å². The van der Waals surface area contributed by atoms with Crippen LogP contribution in [0, 0.1) is 0 Å². The Morgan fingerprint density at radius 2 is 1.61 bits per heavy atom. The van der Waals surface area contributed by atoms with Gasteiger partial charge in [0.25, 0.3) is 0 Å². The molecular weight excluding hydrogens is 324 g/mol. The number of halogens is 1.